The summed E-state index contributed by atoms with van der Waals surface area (Å²) in [6.45, 7) is 6.05. The summed E-state index contributed by atoms with van der Waals surface area (Å²) in [5, 5.41) is 5.97. The molecule has 0 aliphatic rings. The van der Waals surface area contributed by atoms with E-state index in [2.05, 4.69) is 17.6 Å². The van der Waals surface area contributed by atoms with Crippen LogP contribution >= 0.6 is 0 Å². The standard InChI is InChI=1S/C27H28N4O2/c1-4-20-11-15-22(16-12-20)29-25(32)17-31-24-8-6-5-7-23(24)30-26(31)19(3)28-27(33)21-13-9-18(2)10-14-21/h5-16,19H,4,17H2,1-3H3,(H,28,33)(H,29,32). The predicted octanol–water partition coefficient (Wildman–Crippen LogP) is 5.04. The van der Waals surface area contributed by atoms with E-state index < -0.39 is 0 Å². The number of carbonyl (C=O) groups is 2. The van der Waals surface area contributed by atoms with E-state index in [9.17, 15) is 9.59 Å². The number of rotatable bonds is 7. The molecule has 0 aliphatic heterocycles. The van der Waals surface area contributed by atoms with Gasteiger partial charge in [0.25, 0.3) is 5.91 Å². The van der Waals surface area contributed by atoms with Crippen molar-refractivity contribution in [3.05, 3.63) is 95.3 Å². The van der Waals surface area contributed by atoms with Gasteiger partial charge < -0.3 is 15.2 Å². The lowest BCUT2D eigenvalue weighted by Crippen LogP contribution is -2.30. The molecule has 6 nitrogen and oxygen atoms in total. The number of benzene rings is 3. The molecule has 0 fully saturated rings. The van der Waals surface area contributed by atoms with Crippen molar-refractivity contribution < 1.29 is 9.59 Å². The molecule has 2 amide bonds. The summed E-state index contributed by atoms with van der Waals surface area (Å²) in [6, 6.07) is 22.6. The fraction of sp³-hybridized carbons (Fsp3) is 0.222. The van der Waals surface area contributed by atoms with Crippen LogP contribution in [-0.4, -0.2) is 21.4 Å². The number of nitrogens with one attached hydrogen (secondary N) is 2. The first-order valence-corrected chi connectivity index (χ1v) is 11.2. The summed E-state index contributed by atoms with van der Waals surface area (Å²) < 4.78 is 1.87. The van der Waals surface area contributed by atoms with Gasteiger partial charge in [0.05, 0.1) is 17.1 Å². The van der Waals surface area contributed by atoms with Gasteiger partial charge in [-0.3, -0.25) is 9.59 Å². The van der Waals surface area contributed by atoms with Gasteiger partial charge in [0, 0.05) is 11.3 Å². The van der Waals surface area contributed by atoms with Gasteiger partial charge in [-0.05, 0) is 62.2 Å². The molecule has 0 aliphatic carbocycles. The second kappa shape index (κ2) is 9.69. The highest BCUT2D eigenvalue weighted by Crippen LogP contribution is 2.22. The van der Waals surface area contributed by atoms with Crippen LogP contribution in [0.15, 0.2) is 72.8 Å². The summed E-state index contributed by atoms with van der Waals surface area (Å²) in [7, 11) is 0. The van der Waals surface area contributed by atoms with E-state index in [-0.39, 0.29) is 24.4 Å². The van der Waals surface area contributed by atoms with E-state index in [1.54, 1.807) is 12.1 Å². The van der Waals surface area contributed by atoms with Crippen molar-refractivity contribution in [2.45, 2.75) is 39.8 Å². The van der Waals surface area contributed by atoms with E-state index in [1.807, 2.05) is 79.1 Å². The summed E-state index contributed by atoms with van der Waals surface area (Å²) in [5.41, 5.74) is 5.28. The third-order valence-corrected chi connectivity index (χ3v) is 5.68. The maximum Gasteiger partial charge on any atom is 0.251 e. The average molecular weight is 441 g/mol. The molecule has 0 spiro atoms. The van der Waals surface area contributed by atoms with Crippen LogP contribution in [0.2, 0.25) is 0 Å². The molecule has 0 bridgehead atoms. The molecular formula is C27H28N4O2. The van der Waals surface area contributed by atoms with Gasteiger partial charge in [-0.15, -0.1) is 0 Å². The maximum absolute atomic E-state index is 12.9. The van der Waals surface area contributed by atoms with Gasteiger partial charge >= 0.3 is 0 Å². The molecule has 6 heteroatoms. The van der Waals surface area contributed by atoms with Gasteiger partial charge in [-0.25, -0.2) is 4.98 Å². The third kappa shape index (κ3) is 5.12. The Morgan fingerprint density at radius 2 is 1.67 bits per heavy atom. The predicted molar refractivity (Wildman–Crippen MR) is 131 cm³/mol. The fourth-order valence-corrected chi connectivity index (χ4v) is 3.81. The summed E-state index contributed by atoms with van der Waals surface area (Å²) in [5.74, 6) is 0.301. The number of hydrogen-bond acceptors (Lipinski definition) is 3. The van der Waals surface area contributed by atoms with E-state index in [4.69, 9.17) is 4.98 Å². The molecule has 1 atom stereocenters. The molecule has 2 N–H and O–H groups in total. The second-order valence-electron chi connectivity index (χ2n) is 8.20. The van der Waals surface area contributed by atoms with Crippen LogP contribution < -0.4 is 10.6 Å². The zero-order valence-corrected chi connectivity index (χ0v) is 19.1. The summed E-state index contributed by atoms with van der Waals surface area (Å²) in [6.07, 6.45) is 0.949. The van der Waals surface area contributed by atoms with Crippen LogP contribution in [0.3, 0.4) is 0 Å². The number of imidazole rings is 1. The number of aryl methyl sites for hydroxylation is 2. The van der Waals surface area contributed by atoms with Crippen LogP contribution in [0, 0.1) is 6.92 Å². The zero-order valence-electron chi connectivity index (χ0n) is 19.1. The van der Waals surface area contributed by atoms with Crippen molar-refractivity contribution in [2.75, 3.05) is 5.32 Å². The van der Waals surface area contributed by atoms with Crippen LogP contribution in [0.4, 0.5) is 5.69 Å². The molecule has 4 rings (SSSR count). The highest BCUT2D eigenvalue weighted by Gasteiger charge is 2.20. The molecule has 1 heterocycles. The Morgan fingerprint density at radius 3 is 2.36 bits per heavy atom. The van der Waals surface area contributed by atoms with Crippen LogP contribution in [-0.2, 0) is 17.8 Å². The minimum absolute atomic E-state index is 0.0934. The SMILES string of the molecule is CCc1ccc(NC(=O)Cn2c(C(C)NC(=O)c3ccc(C)cc3)nc3ccccc32)cc1. The molecule has 1 unspecified atom stereocenters. The topological polar surface area (TPSA) is 76.0 Å². The van der Waals surface area contributed by atoms with Crippen LogP contribution in [0.1, 0.15) is 47.2 Å². The van der Waals surface area contributed by atoms with Crippen molar-refractivity contribution in [3.63, 3.8) is 0 Å². The normalized spacial score (nSPS) is 11.8. The average Bonchev–Trinajstić information content (AvgIpc) is 3.18. The number of hydrogen-bond donors (Lipinski definition) is 2. The largest absolute Gasteiger partial charge is 0.342 e. The molecule has 168 valence electrons. The van der Waals surface area contributed by atoms with Crippen molar-refractivity contribution in [3.8, 4) is 0 Å². The van der Waals surface area contributed by atoms with Crippen molar-refractivity contribution in [1.82, 2.24) is 14.9 Å². The van der Waals surface area contributed by atoms with Crippen molar-refractivity contribution in [2.24, 2.45) is 0 Å². The summed E-state index contributed by atoms with van der Waals surface area (Å²) >= 11 is 0. The van der Waals surface area contributed by atoms with Gasteiger partial charge in [-0.1, -0.05) is 48.9 Å². The lowest BCUT2D eigenvalue weighted by atomic mass is 10.1. The first-order chi connectivity index (χ1) is 15.9. The number of amides is 2. The van der Waals surface area contributed by atoms with Gasteiger partial charge in [-0.2, -0.15) is 0 Å². The highest BCUT2D eigenvalue weighted by molar-refractivity contribution is 5.94. The van der Waals surface area contributed by atoms with Gasteiger partial charge in [0.1, 0.15) is 12.4 Å². The van der Waals surface area contributed by atoms with Crippen molar-refractivity contribution >= 4 is 28.5 Å². The third-order valence-electron chi connectivity index (χ3n) is 5.68. The number of anilines is 1. The molecule has 0 saturated carbocycles. The number of nitrogens with zero attached hydrogens (tertiary/aromatic N) is 2. The Bertz CT molecular complexity index is 1270. The second-order valence-corrected chi connectivity index (χ2v) is 8.20. The van der Waals surface area contributed by atoms with Crippen LogP contribution in [0.5, 0.6) is 0 Å². The van der Waals surface area contributed by atoms with Gasteiger partial charge in [0.15, 0.2) is 0 Å². The quantitative estimate of drug-likeness (QED) is 0.423. The summed E-state index contributed by atoms with van der Waals surface area (Å²) in [4.78, 5) is 30.4. The number of para-hydroxylation sites is 2. The van der Waals surface area contributed by atoms with E-state index in [1.165, 1.54) is 5.56 Å². The maximum atomic E-state index is 12.9. The first kappa shape index (κ1) is 22.3. The van der Waals surface area contributed by atoms with Crippen LogP contribution in [0.25, 0.3) is 11.0 Å². The molecule has 3 aromatic carbocycles. The van der Waals surface area contributed by atoms with E-state index in [0.717, 1.165) is 28.7 Å². The first-order valence-electron chi connectivity index (χ1n) is 11.2. The molecule has 1 aromatic heterocycles. The van der Waals surface area contributed by atoms with Crippen molar-refractivity contribution in [1.29, 1.82) is 0 Å². The number of fused-ring (bicyclic) bond motifs is 1. The highest BCUT2D eigenvalue weighted by atomic mass is 16.2. The Kier molecular flexibility index (Phi) is 6.54. The monoisotopic (exact) mass is 440 g/mol. The van der Waals surface area contributed by atoms with E-state index >= 15 is 0 Å². The molecular weight excluding hydrogens is 412 g/mol. The Morgan fingerprint density at radius 1 is 0.970 bits per heavy atom. The minimum Gasteiger partial charge on any atom is -0.342 e. The molecule has 0 saturated heterocycles. The van der Waals surface area contributed by atoms with Gasteiger partial charge in [0.2, 0.25) is 5.91 Å². The number of aromatic nitrogens is 2. The zero-order chi connectivity index (χ0) is 23.4. The molecule has 33 heavy (non-hydrogen) atoms. The molecule has 4 aromatic rings. The Labute approximate surface area is 193 Å². The lowest BCUT2D eigenvalue weighted by Gasteiger charge is -2.16. The Hall–Kier alpha value is -3.93. The van der Waals surface area contributed by atoms with E-state index in [0.29, 0.717) is 11.4 Å². The molecule has 0 radical (unpaired) electrons. The minimum atomic E-state index is -0.386. The smallest absolute Gasteiger partial charge is 0.251 e. The number of carbonyl (C=O) groups excluding carboxylic acids is 2. The lowest BCUT2D eigenvalue weighted by molar-refractivity contribution is -0.116. The Balaban J connectivity index is 1.56. The fourth-order valence-electron chi connectivity index (χ4n) is 3.81.